The number of thiophene rings is 1. The van der Waals surface area contributed by atoms with E-state index < -0.39 is 0 Å². The third-order valence-corrected chi connectivity index (χ3v) is 3.49. The summed E-state index contributed by atoms with van der Waals surface area (Å²) in [7, 11) is 0. The fraction of sp³-hybridized carbons (Fsp3) is 0.182. The Hall–Kier alpha value is -1.75. The lowest BCUT2D eigenvalue weighted by Crippen LogP contribution is -2.03. The van der Waals surface area contributed by atoms with Crippen LogP contribution in [0.15, 0.2) is 23.1 Å². The van der Waals surface area contributed by atoms with Gasteiger partial charge in [-0.2, -0.15) is 0 Å². The Balaban J connectivity index is 2.10. The van der Waals surface area contributed by atoms with Crippen LogP contribution in [0, 0.1) is 0 Å². The van der Waals surface area contributed by atoms with Gasteiger partial charge in [0, 0.05) is 5.57 Å². The van der Waals surface area contributed by atoms with Crippen molar-refractivity contribution in [3.63, 3.8) is 0 Å². The monoisotopic (exact) mass is 231 g/mol. The Kier molecular flexibility index (Phi) is 2.00. The smallest absolute Gasteiger partial charge is 0.157 e. The number of fused-ring (bicyclic) bond motifs is 1. The van der Waals surface area contributed by atoms with E-state index in [0.29, 0.717) is 6.54 Å². The summed E-state index contributed by atoms with van der Waals surface area (Å²) >= 11 is 1.63. The normalized spacial score (nSPS) is 13.7. The van der Waals surface area contributed by atoms with Gasteiger partial charge in [-0.15, -0.1) is 16.4 Å². The van der Waals surface area contributed by atoms with Crippen molar-refractivity contribution in [3.8, 4) is 10.6 Å². The fourth-order valence-corrected chi connectivity index (χ4v) is 2.47. The number of Topliss-reactive ketones (excluding diaryl/α,β-unsaturated/α-hetero) is 1. The number of carbonyl (C=O) groups is 1. The highest BCUT2D eigenvalue weighted by Crippen LogP contribution is 2.30. The third kappa shape index (κ3) is 1.32. The molecule has 0 atom stereocenters. The molecule has 2 aromatic rings. The summed E-state index contributed by atoms with van der Waals surface area (Å²) in [6.07, 6.45) is 1.89. The number of hydrogen-bond donors (Lipinski definition) is 0. The molecule has 0 unspecified atom stereocenters. The van der Waals surface area contributed by atoms with Crippen LogP contribution >= 0.6 is 11.3 Å². The molecule has 3 rings (SSSR count). The summed E-state index contributed by atoms with van der Waals surface area (Å²) < 4.78 is 1.77. The minimum Gasteiger partial charge on any atom is -0.295 e. The highest BCUT2D eigenvalue weighted by atomic mass is 32.1. The first kappa shape index (κ1) is 9.47. The lowest BCUT2D eigenvalue weighted by Gasteiger charge is -1.93. The van der Waals surface area contributed by atoms with Crippen LogP contribution in [-0.4, -0.2) is 20.8 Å². The molecule has 4 nitrogen and oxygen atoms in total. The van der Waals surface area contributed by atoms with Crippen LogP contribution in [0.3, 0.4) is 0 Å². The summed E-state index contributed by atoms with van der Waals surface area (Å²) in [4.78, 5) is 12.4. The predicted octanol–water partition coefficient (Wildman–Crippen LogP) is 1.99. The van der Waals surface area contributed by atoms with Gasteiger partial charge in [-0.25, -0.2) is 4.68 Å². The first-order valence-corrected chi connectivity index (χ1v) is 5.82. The van der Waals surface area contributed by atoms with E-state index >= 15 is 0 Å². The zero-order valence-corrected chi connectivity index (χ0v) is 9.49. The molecular weight excluding hydrogens is 222 g/mol. The molecule has 0 aromatic carbocycles. The molecule has 1 aliphatic heterocycles. The Morgan fingerprint density at radius 1 is 1.56 bits per heavy atom. The Bertz CT molecular complexity index is 580. The van der Waals surface area contributed by atoms with Crippen molar-refractivity contribution < 1.29 is 4.79 Å². The van der Waals surface area contributed by atoms with Crippen LogP contribution < -0.4 is 0 Å². The Labute approximate surface area is 96.2 Å². The molecule has 2 aromatic heterocycles. The van der Waals surface area contributed by atoms with Crippen molar-refractivity contribution in [2.24, 2.45) is 0 Å². The molecule has 0 saturated carbocycles. The van der Waals surface area contributed by atoms with Crippen LogP contribution in [0.2, 0.25) is 0 Å². The van der Waals surface area contributed by atoms with E-state index in [0.717, 1.165) is 21.8 Å². The average molecular weight is 231 g/mol. The highest BCUT2D eigenvalue weighted by Gasteiger charge is 2.21. The van der Waals surface area contributed by atoms with Crippen molar-refractivity contribution in [1.82, 2.24) is 15.0 Å². The summed E-state index contributed by atoms with van der Waals surface area (Å²) in [5.41, 5.74) is 2.60. The van der Waals surface area contributed by atoms with Gasteiger partial charge in [-0.05, 0) is 24.4 Å². The van der Waals surface area contributed by atoms with Crippen LogP contribution in [0.5, 0.6) is 0 Å². The van der Waals surface area contributed by atoms with Gasteiger partial charge in [0.15, 0.2) is 5.78 Å². The largest absolute Gasteiger partial charge is 0.295 e. The lowest BCUT2D eigenvalue weighted by atomic mass is 10.2. The van der Waals surface area contributed by atoms with Crippen molar-refractivity contribution in [3.05, 3.63) is 28.8 Å². The number of aromatic nitrogens is 3. The molecule has 0 fully saturated rings. The van der Waals surface area contributed by atoms with E-state index in [2.05, 4.69) is 10.3 Å². The molecular formula is C11H9N3OS. The molecule has 0 amide bonds. The van der Waals surface area contributed by atoms with Crippen LogP contribution in [0.25, 0.3) is 16.6 Å². The van der Waals surface area contributed by atoms with Gasteiger partial charge in [0.25, 0.3) is 0 Å². The molecule has 80 valence electrons. The predicted molar refractivity (Wildman–Crippen MR) is 62.0 cm³/mol. The Morgan fingerprint density at radius 3 is 3.12 bits per heavy atom. The second-order valence-electron chi connectivity index (χ2n) is 3.68. The van der Waals surface area contributed by atoms with Crippen molar-refractivity contribution in [2.75, 3.05) is 0 Å². The zero-order valence-electron chi connectivity index (χ0n) is 8.67. The Morgan fingerprint density at radius 2 is 2.44 bits per heavy atom. The van der Waals surface area contributed by atoms with Gasteiger partial charge in [0.1, 0.15) is 5.69 Å². The van der Waals surface area contributed by atoms with Gasteiger partial charge in [-0.3, -0.25) is 4.79 Å². The number of ketones is 1. The first-order valence-electron chi connectivity index (χ1n) is 4.94. The fourth-order valence-electron chi connectivity index (χ4n) is 1.75. The molecule has 5 heteroatoms. The van der Waals surface area contributed by atoms with Gasteiger partial charge in [0.2, 0.25) is 0 Å². The zero-order chi connectivity index (χ0) is 11.1. The van der Waals surface area contributed by atoms with E-state index in [-0.39, 0.29) is 5.78 Å². The highest BCUT2D eigenvalue weighted by molar-refractivity contribution is 7.13. The molecule has 0 radical (unpaired) electrons. The second kappa shape index (κ2) is 3.38. The molecule has 0 bridgehead atoms. The van der Waals surface area contributed by atoms with Gasteiger partial charge in [0.05, 0.1) is 17.1 Å². The van der Waals surface area contributed by atoms with E-state index in [4.69, 9.17) is 0 Å². The van der Waals surface area contributed by atoms with E-state index in [1.54, 1.807) is 22.9 Å². The molecule has 0 spiro atoms. The summed E-state index contributed by atoms with van der Waals surface area (Å²) in [5.74, 6) is 0.0997. The number of hydrogen-bond acceptors (Lipinski definition) is 4. The number of nitrogens with zero attached hydrogens (tertiary/aromatic N) is 3. The van der Waals surface area contributed by atoms with Crippen LogP contribution in [0.1, 0.15) is 12.6 Å². The minimum atomic E-state index is 0.0997. The van der Waals surface area contributed by atoms with Gasteiger partial charge >= 0.3 is 0 Å². The molecule has 0 aliphatic carbocycles. The molecule has 0 saturated heterocycles. The minimum absolute atomic E-state index is 0.0997. The van der Waals surface area contributed by atoms with Gasteiger partial charge in [-0.1, -0.05) is 11.3 Å². The maximum absolute atomic E-state index is 11.3. The first-order chi connectivity index (χ1) is 7.75. The topological polar surface area (TPSA) is 47.8 Å². The molecule has 16 heavy (non-hydrogen) atoms. The summed E-state index contributed by atoms with van der Waals surface area (Å²) in [6.45, 7) is 2.12. The maximum atomic E-state index is 11.3. The third-order valence-electron chi connectivity index (χ3n) is 2.61. The second-order valence-corrected chi connectivity index (χ2v) is 4.63. The van der Waals surface area contributed by atoms with Crippen molar-refractivity contribution in [2.45, 2.75) is 13.5 Å². The quantitative estimate of drug-likeness (QED) is 0.794. The molecule has 3 heterocycles. The number of rotatable bonds is 2. The van der Waals surface area contributed by atoms with Crippen LogP contribution in [0.4, 0.5) is 0 Å². The number of allylic oxidation sites excluding steroid dienone is 1. The molecule has 1 aliphatic rings. The maximum Gasteiger partial charge on any atom is 0.157 e. The van der Waals surface area contributed by atoms with E-state index in [9.17, 15) is 4.79 Å². The van der Waals surface area contributed by atoms with E-state index in [1.807, 2.05) is 23.6 Å². The van der Waals surface area contributed by atoms with Crippen molar-refractivity contribution in [1.29, 1.82) is 0 Å². The number of carbonyl (C=O) groups excluding carboxylic acids is 1. The lowest BCUT2D eigenvalue weighted by molar-refractivity contribution is -0.113. The summed E-state index contributed by atoms with van der Waals surface area (Å²) in [6, 6.07) is 3.99. The van der Waals surface area contributed by atoms with E-state index in [1.165, 1.54) is 0 Å². The average Bonchev–Trinajstić information content (AvgIpc) is 2.92. The SMILES string of the molecule is CC(=O)C1=Cc2c(-c3cccs3)nnn2C1. The molecule has 0 N–H and O–H groups in total. The standard InChI is InChI=1S/C11H9N3OS/c1-7(15)8-5-9-11(10-3-2-4-16-10)12-13-14(9)6-8/h2-5H,6H2,1H3. The van der Waals surface area contributed by atoms with Crippen molar-refractivity contribution >= 4 is 23.2 Å². The van der Waals surface area contributed by atoms with Gasteiger partial charge < -0.3 is 0 Å². The summed E-state index contributed by atoms with van der Waals surface area (Å²) in [5, 5.41) is 10.2. The van der Waals surface area contributed by atoms with Crippen LogP contribution in [-0.2, 0) is 11.3 Å².